The fourth-order valence-electron chi connectivity index (χ4n) is 2.81. The molecule has 0 saturated carbocycles. The van der Waals surface area contributed by atoms with Crippen LogP contribution in [0.5, 0.6) is 0 Å². The summed E-state index contributed by atoms with van der Waals surface area (Å²) < 4.78 is 26.1. The average molecular weight is 356 g/mol. The first-order chi connectivity index (χ1) is 12.4. The molecule has 0 atom stereocenters. The first kappa shape index (κ1) is 17.8. The molecule has 1 amide bonds. The van der Waals surface area contributed by atoms with Crippen LogP contribution < -0.4 is 10.9 Å². The second-order valence-electron chi connectivity index (χ2n) is 6.23. The van der Waals surface area contributed by atoms with Gasteiger partial charge in [0.1, 0.15) is 0 Å². The van der Waals surface area contributed by atoms with Crippen LogP contribution in [0.1, 0.15) is 27.0 Å². The lowest BCUT2D eigenvalue weighted by Gasteiger charge is -2.09. The largest absolute Gasteiger partial charge is 0.352 e. The molecule has 3 aromatic rings. The minimum absolute atomic E-state index is 0.0300. The zero-order valence-corrected chi connectivity index (χ0v) is 14.5. The van der Waals surface area contributed by atoms with Gasteiger partial charge >= 0.3 is 0 Å². The molecule has 6 heteroatoms. The maximum absolute atomic E-state index is 13.2. The molecular formula is C20H18F2N2O2. The van der Waals surface area contributed by atoms with Crippen LogP contribution in [-0.2, 0) is 6.42 Å². The number of carbonyl (C=O) groups excluding carboxylic acids is 1. The topological polar surface area (TPSA) is 62.0 Å². The van der Waals surface area contributed by atoms with Crippen LogP contribution in [0.15, 0.2) is 41.2 Å². The Morgan fingerprint density at radius 3 is 2.58 bits per heavy atom. The van der Waals surface area contributed by atoms with Crippen molar-refractivity contribution in [3.8, 4) is 0 Å². The average Bonchev–Trinajstić information content (AvgIpc) is 2.61. The second kappa shape index (κ2) is 7.07. The van der Waals surface area contributed by atoms with Gasteiger partial charge in [-0.1, -0.05) is 12.1 Å². The summed E-state index contributed by atoms with van der Waals surface area (Å²) >= 11 is 0. The van der Waals surface area contributed by atoms with Crippen molar-refractivity contribution >= 4 is 16.8 Å². The van der Waals surface area contributed by atoms with Crippen molar-refractivity contribution in [3.63, 3.8) is 0 Å². The molecule has 1 heterocycles. The molecule has 1 aromatic heterocycles. The molecule has 26 heavy (non-hydrogen) atoms. The first-order valence-electron chi connectivity index (χ1n) is 8.22. The van der Waals surface area contributed by atoms with Crippen LogP contribution in [0.2, 0.25) is 0 Å². The molecule has 0 aliphatic carbocycles. The van der Waals surface area contributed by atoms with Crippen molar-refractivity contribution in [2.75, 3.05) is 6.54 Å². The van der Waals surface area contributed by atoms with Crippen molar-refractivity contribution in [2.24, 2.45) is 0 Å². The third-order valence-electron chi connectivity index (χ3n) is 4.49. The molecular weight excluding hydrogens is 338 g/mol. The van der Waals surface area contributed by atoms with Crippen LogP contribution in [0.3, 0.4) is 0 Å². The Morgan fingerprint density at radius 1 is 1.08 bits per heavy atom. The fourth-order valence-corrected chi connectivity index (χ4v) is 2.81. The number of fused-ring (bicyclic) bond motifs is 1. The van der Waals surface area contributed by atoms with Crippen LogP contribution in [0.4, 0.5) is 8.78 Å². The normalized spacial score (nSPS) is 10.9. The lowest BCUT2D eigenvalue weighted by Crippen LogP contribution is -2.27. The van der Waals surface area contributed by atoms with Gasteiger partial charge in [-0.25, -0.2) is 8.78 Å². The number of hydrogen-bond acceptors (Lipinski definition) is 2. The van der Waals surface area contributed by atoms with E-state index >= 15 is 0 Å². The van der Waals surface area contributed by atoms with Gasteiger partial charge in [-0.2, -0.15) is 0 Å². The van der Waals surface area contributed by atoms with Crippen LogP contribution in [0.25, 0.3) is 10.9 Å². The highest BCUT2D eigenvalue weighted by Crippen LogP contribution is 2.19. The number of amides is 1. The molecule has 3 rings (SSSR count). The van der Waals surface area contributed by atoms with Crippen LogP contribution >= 0.6 is 0 Å². The summed E-state index contributed by atoms with van der Waals surface area (Å²) in [5.74, 6) is -2.60. The maximum atomic E-state index is 13.2. The zero-order chi connectivity index (χ0) is 18.8. The minimum Gasteiger partial charge on any atom is -0.352 e. The predicted molar refractivity (Wildman–Crippen MR) is 96.4 cm³/mol. The van der Waals surface area contributed by atoms with E-state index in [4.69, 9.17) is 0 Å². The van der Waals surface area contributed by atoms with E-state index in [2.05, 4.69) is 10.3 Å². The Balaban J connectivity index is 1.72. The summed E-state index contributed by atoms with van der Waals surface area (Å²) in [5, 5.41) is 3.53. The Kier molecular flexibility index (Phi) is 4.84. The molecule has 0 unspecified atom stereocenters. The van der Waals surface area contributed by atoms with Gasteiger partial charge in [0, 0.05) is 17.7 Å². The second-order valence-corrected chi connectivity index (χ2v) is 6.23. The Hall–Kier alpha value is -3.02. The van der Waals surface area contributed by atoms with E-state index in [1.807, 2.05) is 32.0 Å². The van der Waals surface area contributed by atoms with Gasteiger partial charge < -0.3 is 10.3 Å². The van der Waals surface area contributed by atoms with Gasteiger partial charge in [-0.3, -0.25) is 9.59 Å². The molecule has 0 aliphatic heterocycles. The van der Waals surface area contributed by atoms with Gasteiger partial charge in [0.25, 0.3) is 11.5 Å². The summed E-state index contributed by atoms with van der Waals surface area (Å²) in [7, 11) is 0. The molecule has 0 saturated heterocycles. The number of aromatic amines is 1. The number of pyridine rings is 1. The molecule has 0 fully saturated rings. The number of aromatic nitrogens is 1. The van der Waals surface area contributed by atoms with E-state index < -0.39 is 17.5 Å². The smallest absolute Gasteiger partial charge is 0.251 e. The number of H-pyrrole nitrogens is 1. The van der Waals surface area contributed by atoms with Crippen molar-refractivity contribution in [3.05, 3.63) is 80.6 Å². The first-order valence-corrected chi connectivity index (χ1v) is 8.22. The number of halogens is 2. The molecule has 2 aromatic carbocycles. The number of rotatable bonds is 4. The zero-order valence-electron chi connectivity index (χ0n) is 14.5. The molecule has 0 bridgehead atoms. The van der Waals surface area contributed by atoms with Crippen LogP contribution in [0, 0.1) is 25.5 Å². The summed E-state index contributed by atoms with van der Waals surface area (Å²) in [4.78, 5) is 27.1. The monoisotopic (exact) mass is 356 g/mol. The standard InChI is InChI=1S/C20H18F2N2O2/c1-11-3-4-13-9-15(20(26)24-18(13)12(11)2)7-8-23-19(25)14-5-6-16(21)17(22)10-14/h3-6,9-10H,7-8H2,1-2H3,(H,23,25)(H,24,26). The van der Waals surface area contributed by atoms with Gasteiger partial charge in [0.2, 0.25) is 0 Å². The number of benzene rings is 2. The lowest BCUT2D eigenvalue weighted by atomic mass is 10.0. The maximum Gasteiger partial charge on any atom is 0.251 e. The Morgan fingerprint density at radius 2 is 1.85 bits per heavy atom. The van der Waals surface area contributed by atoms with Gasteiger partial charge in [0.05, 0.1) is 5.52 Å². The molecule has 134 valence electrons. The SMILES string of the molecule is Cc1ccc2cc(CCNC(=O)c3ccc(F)c(F)c3)c(=O)[nH]c2c1C. The fraction of sp³-hybridized carbons (Fsp3) is 0.200. The van der Waals surface area contributed by atoms with Crippen molar-refractivity contribution < 1.29 is 13.6 Å². The number of carbonyl (C=O) groups is 1. The van der Waals surface area contributed by atoms with Gasteiger partial charge in [0.15, 0.2) is 11.6 Å². The third kappa shape index (κ3) is 3.49. The highest BCUT2D eigenvalue weighted by molar-refractivity contribution is 5.94. The highest BCUT2D eigenvalue weighted by Gasteiger charge is 2.10. The Labute approximate surface area is 148 Å². The van der Waals surface area contributed by atoms with E-state index in [0.29, 0.717) is 12.0 Å². The van der Waals surface area contributed by atoms with E-state index in [-0.39, 0.29) is 17.7 Å². The highest BCUT2D eigenvalue weighted by atomic mass is 19.2. The molecule has 2 N–H and O–H groups in total. The van der Waals surface area contributed by atoms with Crippen LogP contribution in [-0.4, -0.2) is 17.4 Å². The molecule has 0 spiro atoms. The van der Waals surface area contributed by atoms with Gasteiger partial charge in [-0.05, 0) is 61.0 Å². The van der Waals surface area contributed by atoms with Crippen molar-refractivity contribution in [2.45, 2.75) is 20.3 Å². The van der Waals surface area contributed by atoms with E-state index in [1.165, 1.54) is 6.07 Å². The number of aryl methyl sites for hydroxylation is 2. The number of nitrogens with one attached hydrogen (secondary N) is 2. The number of hydrogen-bond donors (Lipinski definition) is 2. The molecule has 0 aliphatic rings. The summed E-state index contributed by atoms with van der Waals surface area (Å²) in [6, 6.07) is 8.70. The van der Waals surface area contributed by atoms with Gasteiger partial charge in [-0.15, -0.1) is 0 Å². The van der Waals surface area contributed by atoms with E-state index in [9.17, 15) is 18.4 Å². The summed E-state index contributed by atoms with van der Waals surface area (Å²) in [6.07, 6.45) is 0.327. The van der Waals surface area contributed by atoms with Crippen molar-refractivity contribution in [1.82, 2.24) is 10.3 Å². The quantitative estimate of drug-likeness (QED) is 0.753. The lowest BCUT2D eigenvalue weighted by molar-refractivity contribution is 0.0953. The van der Waals surface area contributed by atoms with E-state index in [0.717, 1.165) is 34.2 Å². The minimum atomic E-state index is -1.07. The summed E-state index contributed by atoms with van der Waals surface area (Å²) in [5.41, 5.74) is 3.31. The van der Waals surface area contributed by atoms with E-state index in [1.54, 1.807) is 0 Å². The Bertz CT molecular complexity index is 1060. The molecule has 4 nitrogen and oxygen atoms in total. The third-order valence-corrected chi connectivity index (χ3v) is 4.49. The van der Waals surface area contributed by atoms with Crippen molar-refractivity contribution in [1.29, 1.82) is 0 Å². The predicted octanol–water partition coefficient (Wildman–Crippen LogP) is 3.40. The molecule has 0 radical (unpaired) electrons. The summed E-state index contributed by atoms with van der Waals surface area (Å²) in [6.45, 7) is 4.14.